The summed E-state index contributed by atoms with van der Waals surface area (Å²) < 4.78 is 0. The molecule has 0 aromatic heterocycles. The summed E-state index contributed by atoms with van der Waals surface area (Å²) in [5, 5.41) is 2.99. The lowest BCUT2D eigenvalue weighted by molar-refractivity contribution is 0.176. The average molecular weight is 261 g/mol. The van der Waals surface area contributed by atoms with Gasteiger partial charge in [0.05, 0.1) is 0 Å². The Kier molecular flexibility index (Phi) is 5.21. The number of urea groups is 1. The Hall–Kier alpha value is -1.55. The van der Waals surface area contributed by atoms with Crippen LogP contribution >= 0.6 is 0 Å². The van der Waals surface area contributed by atoms with Gasteiger partial charge in [-0.15, -0.1) is 0 Å². The van der Waals surface area contributed by atoms with Gasteiger partial charge in [-0.25, -0.2) is 4.79 Å². The van der Waals surface area contributed by atoms with Crippen LogP contribution in [0, 0.1) is 0 Å². The van der Waals surface area contributed by atoms with Gasteiger partial charge in [-0.2, -0.15) is 0 Å². The molecule has 0 heterocycles. The average Bonchev–Trinajstić information content (AvgIpc) is 2.97. The molecule has 1 fully saturated rings. The number of nitrogens with zero attached hydrogens (tertiary/aromatic N) is 1. The first-order valence-corrected chi connectivity index (χ1v) is 7.09. The van der Waals surface area contributed by atoms with Crippen molar-refractivity contribution < 1.29 is 4.79 Å². The van der Waals surface area contributed by atoms with Crippen molar-refractivity contribution in [2.45, 2.75) is 38.3 Å². The summed E-state index contributed by atoms with van der Waals surface area (Å²) in [7, 11) is 0. The van der Waals surface area contributed by atoms with E-state index >= 15 is 0 Å². The number of hydrogen-bond donors (Lipinski definition) is 2. The largest absolute Gasteiger partial charge is 0.334 e. The van der Waals surface area contributed by atoms with Crippen LogP contribution in [0.1, 0.15) is 31.2 Å². The van der Waals surface area contributed by atoms with E-state index in [0.29, 0.717) is 25.7 Å². The van der Waals surface area contributed by atoms with Crippen molar-refractivity contribution in [1.29, 1.82) is 0 Å². The summed E-state index contributed by atoms with van der Waals surface area (Å²) in [6.07, 6.45) is 4.66. The van der Waals surface area contributed by atoms with E-state index < -0.39 is 0 Å². The smallest absolute Gasteiger partial charge is 0.317 e. The highest BCUT2D eigenvalue weighted by molar-refractivity contribution is 5.74. The van der Waals surface area contributed by atoms with E-state index in [1.807, 2.05) is 35.2 Å². The third-order valence-corrected chi connectivity index (χ3v) is 3.68. The van der Waals surface area contributed by atoms with Gasteiger partial charge < -0.3 is 16.0 Å². The molecule has 0 bridgehead atoms. The Bertz CT molecular complexity index is 388. The molecular weight excluding hydrogens is 238 g/mol. The van der Waals surface area contributed by atoms with Crippen molar-refractivity contribution in [2.24, 2.45) is 5.73 Å². The Morgan fingerprint density at radius 2 is 1.95 bits per heavy atom. The standard InChI is InChI=1S/C15H23N3O/c16-10-11-18(14-8-4-5-9-14)15(19)17-12-13-6-2-1-3-7-13/h1-3,6-7,14H,4-5,8-12,16H2,(H,17,19). The van der Waals surface area contributed by atoms with E-state index in [9.17, 15) is 4.79 Å². The van der Waals surface area contributed by atoms with Crippen LogP contribution in [-0.4, -0.2) is 30.1 Å². The number of nitrogens with two attached hydrogens (primary N) is 1. The predicted octanol–water partition coefficient (Wildman–Crippen LogP) is 2.10. The number of rotatable bonds is 5. The van der Waals surface area contributed by atoms with Crippen molar-refractivity contribution in [3.63, 3.8) is 0 Å². The molecule has 1 aliphatic rings. The molecule has 0 atom stereocenters. The van der Waals surface area contributed by atoms with Crippen molar-refractivity contribution in [1.82, 2.24) is 10.2 Å². The number of benzene rings is 1. The van der Waals surface area contributed by atoms with Crippen molar-refractivity contribution in [3.8, 4) is 0 Å². The SMILES string of the molecule is NCCN(C(=O)NCc1ccccc1)C1CCCC1. The molecule has 4 nitrogen and oxygen atoms in total. The summed E-state index contributed by atoms with van der Waals surface area (Å²) in [5.74, 6) is 0. The molecule has 2 rings (SSSR count). The minimum absolute atomic E-state index is 0.0150. The molecule has 1 aromatic carbocycles. The third kappa shape index (κ3) is 3.96. The van der Waals surface area contributed by atoms with Gasteiger partial charge >= 0.3 is 6.03 Å². The molecule has 1 aliphatic carbocycles. The quantitative estimate of drug-likeness (QED) is 0.852. The number of carbonyl (C=O) groups is 1. The minimum Gasteiger partial charge on any atom is -0.334 e. The molecule has 0 spiro atoms. The number of hydrogen-bond acceptors (Lipinski definition) is 2. The highest BCUT2D eigenvalue weighted by atomic mass is 16.2. The van der Waals surface area contributed by atoms with Crippen LogP contribution in [0.15, 0.2) is 30.3 Å². The second kappa shape index (κ2) is 7.14. The lowest BCUT2D eigenvalue weighted by atomic mass is 10.2. The zero-order valence-electron chi connectivity index (χ0n) is 11.3. The molecule has 1 saturated carbocycles. The number of carbonyl (C=O) groups excluding carboxylic acids is 1. The van der Waals surface area contributed by atoms with Crippen LogP contribution in [0.5, 0.6) is 0 Å². The van der Waals surface area contributed by atoms with Gasteiger partial charge in [0, 0.05) is 25.7 Å². The van der Waals surface area contributed by atoms with E-state index in [2.05, 4.69) is 5.32 Å². The van der Waals surface area contributed by atoms with Crippen LogP contribution in [0.4, 0.5) is 4.79 Å². The molecule has 1 aromatic rings. The maximum atomic E-state index is 12.3. The normalized spacial score (nSPS) is 15.4. The lowest BCUT2D eigenvalue weighted by Crippen LogP contribution is -2.47. The maximum Gasteiger partial charge on any atom is 0.317 e. The molecule has 0 aliphatic heterocycles. The van der Waals surface area contributed by atoms with Crippen molar-refractivity contribution >= 4 is 6.03 Å². The highest BCUT2D eigenvalue weighted by Crippen LogP contribution is 2.23. The van der Waals surface area contributed by atoms with Crippen LogP contribution in [0.3, 0.4) is 0 Å². The molecule has 2 amide bonds. The summed E-state index contributed by atoms with van der Waals surface area (Å²) in [4.78, 5) is 14.2. The Labute approximate surface area is 115 Å². The fraction of sp³-hybridized carbons (Fsp3) is 0.533. The first-order chi connectivity index (χ1) is 9.31. The fourth-order valence-electron chi connectivity index (χ4n) is 2.68. The van der Waals surface area contributed by atoms with E-state index in [4.69, 9.17) is 5.73 Å². The summed E-state index contributed by atoms with van der Waals surface area (Å²) in [6, 6.07) is 10.4. The molecule has 0 radical (unpaired) electrons. The second-order valence-corrected chi connectivity index (χ2v) is 5.06. The summed E-state index contributed by atoms with van der Waals surface area (Å²) >= 11 is 0. The zero-order valence-corrected chi connectivity index (χ0v) is 11.3. The number of nitrogens with one attached hydrogen (secondary N) is 1. The Balaban J connectivity index is 1.88. The molecule has 3 N–H and O–H groups in total. The topological polar surface area (TPSA) is 58.4 Å². The Morgan fingerprint density at radius 3 is 2.58 bits per heavy atom. The first kappa shape index (κ1) is 13.9. The van der Waals surface area contributed by atoms with Gasteiger partial charge in [-0.1, -0.05) is 43.2 Å². The molecule has 0 saturated heterocycles. The van der Waals surface area contributed by atoms with Gasteiger partial charge in [0.1, 0.15) is 0 Å². The predicted molar refractivity (Wildman–Crippen MR) is 76.7 cm³/mol. The van der Waals surface area contributed by atoms with Gasteiger partial charge in [0.2, 0.25) is 0 Å². The van der Waals surface area contributed by atoms with E-state index in [0.717, 1.165) is 18.4 Å². The van der Waals surface area contributed by atoms with Gasteiger partial charge in [0.15, 0.2) is 0 Å². The molecule has 19 heavy (non-hydrogen) atoms. The first-order valence-electron chi connectivity index (χ1n) is 7.09. The van der Waals surface area contributed by atoms with Crippen LogP contribution in [-0.2, 0) is 6.54 Å². The van der Waals surface area contributed by atoms with E-state index in [-0.39, 0.29) is 6.03 Å². The zero-order chi connectivity index (χ0) is 13.5. The molecular formula is C15H23N3O. The van der Waals surface area contributed by atoms with Crippen molar-refractivity contribution in [3.05, 3.63) is 35.9 Å². The van der Waals surface area contributed by atoms with Crippen molar-refractivity contribution in [2.75, 3.05) is 13.1 Å². The van der Waals surface area contributed by atoms with Gasteiger partial charge in [-0.3, -0.25) is 0 Å². The van der Waals surface area contributed by atoms with Crippen LogP contribution in [0.2, 0.25) is 0 Å². The lowest BCUT2D eigenvalue weighted by Gasteiger charge is -2.28. The molecule has 4 heteroatoms. The van der Waals surface area contributed by atoms with Gasteiger partial charge in [0.25, 0.3) is 0 Å². The molecule has 0 unspecified atom stereocenters. The number of amides is 2. The summed E-state index contributed by atoms with van der Waals surface area (Å²) in [6.45, 7) is 1.74. The van der Waals surface area contributed by atoms with Gasteiger partial charge in [-0.05, 0) is 18.4 Å². The van der Waals surface area contributed by atoms with E-state index in [1.54, 1.807) is 0 Å². The second-order valence-electron chi connectivity index (χ2n) is 5.06. The Morgan fingerprint density at radius 1 is 1.26 bits per heavy atom. The minimum atomic E-state index is 0.0150. The molecule has 104 valence electrons. The third-order valence-electron chi connectivity index (χ3n) is 3.68. The monoisotopic (exact) mass is 261 g/mol. The highest BCUT2D eigenvalue weighted by Gasteiger charge is 2.25. The van der Waals surface area contributed by atoms with Crippen LogP contribution < -0.4 is 11.1 Å². The maximum absolute atomic E-state index is 12.3. The fourth-order valence-corrected chi connectivity index (χ4v) is 2.68. The summed E-state index contributed by atoms with van der Waals surface area (Å²) in [5.41, 5.74) is 6.74. The van der Waals surface area contributed by atoms with Crippen LogP contribution in [0.25, 0.3) is 0 Å². The van der Waals surface area contributed by atoms with E-state index in [1.165, 1.54) is 12.8 Å².